The lowest BCUT2D eigenvalue weighted by Gasteiger charge is -2.09. The SMILES string of the molecule is N#CC(CCl)c1ccc(C(F)(F)F)cc1. The molecule has 0 aliphatic heterocycles. The number of rotatable bonds is 2. The minimum absolute atomic E-state index is 0.0713. The molecule has 80 valence electrons. The monoisotopic (exact) mass is 233 g/mol. The summed E-state index contributed by atoms with van der Waals surface area (Å²) < 4.78 is 36.6. The molecule has 0 fully saturated rings. The maximum atomic E-state index is 12.2. The van der Waals surface area contributed by atoms with Gasteiger partial charge in [-0.05, 0) is 17.7 Å². The smallest absolute Gasteiger partial charge is 0.198 e. The maximum absolute atomic E-state index is 12.2. The zero-order chi connectivity index (χ0) is 11.5. The number of halogens is 4. The summed E-state index contributed by atoms with van der Waals surface area (Å²) in [5.74, 6) is -0.490. The second-order valence-electron chi connectivity index (χ2n) is 2.96. The Morgan fingerprint density at radius 2 is 1.80 bits per heavy atom. The van der Waals surface area contributed by atoms with Crippen molar-refractivity contribution in [1.82, 2.24) is 0 Å². The van der Waals surface area contributed by atoms with Crippen LogP contribution in [-0.4, -0.2) is 5.88 Å². The molecule has 1 unspecified atom stereocenters. The van der Waals surface area contributed by atoms with Gasteiger partial charge in [-0.25, -0.2) is 0 Å². The Bertz CT molecular complexity index is 364. The van der Waals surface area contributed by atoms with E-state index in [1.807, 2.05) is 6.07 Å². The molecule has 1 aromatic carbocycles. The molecule has 0 heterocycles. The van der Waals surface area contributed by atoms with Gasteiger partial charge in [0, 0.05) is 5.88 Å². The average Bonchev–Trinajstić information content (AvgIpc) is 2.19. The number of nitriles is 1. The normalized spacial score (nSPS) is 13.3. The van der Waals surface area contributed by atoms with Gasteiger partial charge < -0.3 is 0 Å². The van der Waals surface area contributed by atoms with Gasteiger partial charge in [-0.2, -0.15) is 18.4 Å². The highest BCUT2D eigenvalue weighted by Crippen LogP contribution is 2.30. The molecule has 0 aliphatic rings. The van der Waals surface area contributed by atoms with Crippen LogP contribution in [0.2, 0.25) is 0 Å². The lowest BCUT2D eigenvalue weighted by molar-refractivity contribution is -0.137. The van der Waals surface area contributed by atoms with Crippen molar-refractivity contribution in [2.75, 3.05) is 5.88 Å². The predicted octanol–water partition coefficient (Wildman–Crippen LogP) is 3.55. The summed E-state index contributed by atoms with van der Waals surface area (Å²) >= 11 is 5.49. The highest BCUT2D eigenvalue weighted by molar-refractivity contribution is 6.18. The van der Waals surface area contributed by atoms with Crippen LogP contribution in [0.5, 0.6) is 0 Å². The molecule has 0 bridgehead atoms. The number of benzene rings is 1. The number of alkyl halides is 4. The highest BCUT2D eigenvalue weighted by atomic mass is 35.5. The van der Waals surface area contributed by atoms with E-state index in [1.54, 1.807) is 0 Å². The first-order valence-corrected chi connectivity index (χ1v) is 4.65. The van der Waals surface area contributed by atoms with Crippen LogP contribution < -0.4 is 0 Å². The molecular weight excluding hydrogens is 227 g/mol. The quantitative estimate of drug-likeness (QED) is 0.717. The molecule has 0 radical (unpaired) electrons. The topological polar surface area (TPSA) is 23.8 Å². The van der Waals surface area contributed by atoms with Gasteiger partial charge in [0.25, 0.3) is 0 Å². The predicted molar refractivity (Wildman–Crippen MR) is 50.5 cm³/mol. The van der Waals surface area contributed by atoms with Gasteiger partial charge in [-0.15, -0.1) is 11.6 Å². The van der Waals surface area contributed by atoms with Crippen molar-refractivity contribution in [3.63, 3.8) is 0 Å². The summed E-state index contributed by atoms with van der Waals surface area (Å²) in [5, 5.41) is 8.65. The fraction of sp³-hybridized carbons (Fsp3) is 0.300. The number of hydrogen-bond donors (Lipinski definition) is 0. The zero-order valence-electron chi connectivity index (χ0n) is 7.55. The van der Waals surface area contributed by atoms with E-state index in [2.05, 4.69) is 0 Å². The first kappa shape index (κ1) is 11.9. The first-order valence-electron chi connectivity index (χ1n) is 4.11. The van der Waals surface area contributed by atoms with Crippen molar-refractivity contribution < 1.29 is 13.2 Å². The van der Waals surface area contributed by atoms with Crippen molar-refractivity contribution in [3.8, 4) is 6.07 Å². The third kappa shape index (κ3) is 2.87. The number of hydrogen-bond acceptors (Lipinski definition) is 1. The van der Waals surface area contributed by atoms with Crippen molar-refractivity contribution >= 4 is 11.6 Å². The highest BCUT2D eigenvalue weighted by Gasteiger charge is 2.30. The van der Waals surface area contributed by atoms with E-state index in [4.69, 9.17) is 16.9 Å². The van der Waals surface area contributed by atoms with Crippen molar-refractivity contribution in [3.05, 3.63) is 35.4 Å². The lowest BCUT2D eigenvalue weighted by atomic mass is 10.0. The number of nitrogens with zero attached hydrogens (tertiary/aromatic N) is 1. The molecule has 1 aromatic rings. The molecule has 0 N–H and O–H groups in total. The van der Waals surface area contributed by atoms with Crippen LogP contribution in [0.4, 0.5) is 13.2 Å². The van der Waals surface area contributed by atoms with E-state index in [0.29, 0.717) is 5.56 Å². The third-order valence-corrected chi connectivity index (χ3v) is 2.26. The lowest BCUT2D eigenvalue weighted by Crippen LogP contribution is -2.05. The van der Waals surface area contributed by atoms with Crippen LogP contribution in [0.3, 0.4) is 0 Å². The van der Waals surface area contributed by atoms with E-state index in [9.17, 15) is 13.2 Å². The van der Waals surface area contributed by atoms with E-state index in [-0.39, 0.29) is 5.88 Å². The minimum Gasteiger partial charge on any atom is -0.198 e. The van der Waals surface area contributed by atoms with Crippen LogP contribution in [0.25, 0.3) is 0 Å². The summed E-state index contributed by atoms with van der Waals surface area (Å²) in [4.78, 5) is 0. The van der Waals surface area contributed by atoms with Gasteiger partial charge in [0.15, 0.2) is 0 Å². The molecule has 1 rings (SSSR count). The fourth-order valence-corrected chi connectivity index (χ4v) is 1.35. The van der Waals surface area contributed by atoms with Gasteiger partial charge in [0.1, 0.15) is 0 Å². The van der Waals surface area contributed by atoms with Crippen molar-refractivity contribution in [2.45, 2.75) is 12.1 Å². The minimum atomic E-state index is -4.35. The Hall–Kier alpha value is -1.21. The molecule has 0 spiro atoms. The van der Waals surface area contributed by atoms with Gasteiger partial charge in [-0.1, -0.05) is 12.1 Å². The van der Waals surface area contributed by atoms with Gasteiger partial charge >= 0.3 is 6.18 Å². The van der Waals surface area contributed by atoms with Crippen LogP contribution >= 0.6 is 11.6 Å². The molecule has 0 amide bonds. The molecule has 1 nitrogen and oxygen atoms in total. The van der Waals surface area contributed by atoms with Crippen LogP contribution in [0.15, 0.2) is 24.3 Å². The second kappa shape index (κ2) is 4.54. The summed E-state index contributed by atoms with van der Waals surface area (Å²) in [5.41, 5.74) is -0.224. The van der Waals surface area contributed by atoms with Crippen LogP contribution in [0, 0.1) is 11.3 Å². The average molecular weight is 234 g/mol. The molecule has 0 saturated carbocycles. The van der Waals surface area contributed by atoms with Gasteiger partial charge in [0.2, 0.25) is 0 Å². The maximum Gasteiger partial charge on any atom is 0.416 e. The Morgan fingerprint density at radius 1 is 1.27 bits per heavy atom. The summed E-state index contributed by atoms with van der Waals surface area (Å²) in [6.45, 7) is 0. The Labute approximate surface area is 90.1 Å². The first-order chi connectivity index (χ1) is 6.99. The Kier molecular flexibility index (Phi) is 3.59. The molecule has 0 saturated heterocycles. The summed E-state index contributed by atoms with van der Waals surface area (Å²) in [6, 6.07) is 6.37. The summed E-state index contributed by atoms with van der Waals surface area (Å²) in [7, 11) is 0. The van der Waals surface area contributed by atoms with Crippen LogP contribution in [-0.2, 0) is 6.18 Å². The van der Waals surface area contributed by atoms with Crippen molar-refractivity contribution in [2.24, 2.45) is 0 Å². The van der Waals surface area contributed by atoms with E-state index >= 15 is 0 Å². The Morgan fingerprint density at radius 3 is 2.13 bits per heavy atom. The van der Waals surface area contributed by atoms with Gasteiger partial charge in [0.05, 0.1) is 17.6 Å². The largest absolute Gasteiger partial charge is 0.416 e. The van der Waals surface area contributed by atoms with Gasteiger partial charge in [-0.3, -0.25) is 0 Å². The molecule has 5 heteroatoms. The van der Waals surface area contributed by atoms with Crippen molar-refractivity contribution in [1.29, 1.82) is 5.26 Å². The van der Waals surface area contributed by atoms with Crippen LogP contribution in [0.1, 0.15) is 17.0 Å². The van der Waals surface area contributed by atoms with E-state index < -0.39 is 17.7 Å². The van der Waals surface area contributed by atoms with E-state index in [0.717, 1.165) is 12.1 Å². The zero-order valence-corrected chi connectivity index (χ0v) is 8.31. The fourth-order valence-electron chi connectivity index (χ4n) is 1.10. The second-order valence-corrected chi connectivity index (χ2v) is 3.26. The molecule has 0 aromatic heterocycles. The third-order valence-electron chi connectivity index (χ3n) is 1.95. The Balaban J connectivity index is 2.96. The molecule has 1 atom stereocenters. The standard InChI is InChI=1S/C10H7ClF3N/c11-5-8(6-15)7-1-3-9(4-2-7)10(12,13)14/h1-4,8H,5H2. The molecular formula is C10H7ClF3N. The molecule has 15 heavy (non-hydrogen) atoms. The van der Waals surface area contributed by atoms with E-state index in [1.165, 1.54) is 12.1 Å². The molecule has 0 aliphatic carbocycles. The summed E-state index contributed by atoms with van der Waals surface area (Å²) in [6.07, 6.45) is -4.35.